The third-order valence-electron chi connectivity index (χ3n) is 3.08. The second kappa shape index (κ2) is 5.24. The lowest BCUT2D eigenvalue weighted by molar-refractivity contribution is 0.0519. The summed E-state index contributed by atoms with van der Waals surface area (Å²) in [6, 6.07) is 11.0. The minimum absolute atomic E-state index is 0.190. The van der Waals surface area contributed by atoms with Crippen molar-refractivity contribution < 1.29 is 9.53 Å². The van der Waals surface area contributed by atoms with Crippen LogP contribution < -0.4 is 5.73 Å². The Morgan fingerprint density at radius 2 is 2.14 bits per heavy atom. The zero-order valence-corrected chi connectivity index (χ0v) is 11.5. The molecule has 0 aliphatic rings. The molecule has 0 radical (unpaired) electrons. The number of rotatable bonds is 3. The van der Waals surface area contributed by atoms with Crippen molar-refractivity contribution in [2.45, 2.75) is 6.92 Å². The molecule has 3 rings (SSSR count). The molecule has 1 aromatic carbocycles. The number of nitrogens with zero attached hydrogens (tertiary/aromatic N) is 3. The predicted octanol–water partition coefficient (Wildman–Crippen LogP) is 2.18. The molecule has 6 heteroatoms. The third kappa shape index (κ3) is 2.31. The Hall–Kier alpha value is -2.89. The molecule has 0 unspecified atom stereocenters. The molecule has 0 saturated heterocycles. The largest absolute Gasteiger partial charge is 0.461 e. The van der Waals surface area contributed by atoms with Gasteiger partial charge in [-0.15, -0.1) is 0 Å². The molecule has 3 aromatic rings. The molecule has 0 fully saturated rings. The number of carbonyl (C=O) groups is 1. The maximum atomic E-state index is 11.7. The first-order valence-electron chi connectivity index (χ1n) is 6.57. The van der Waals surface area contributed by atoms with Crippen molar-refractivity contribution in [2.24, 2.45) is 0 Å². The van der Waals surface area contributed by atoms with Gasteiger partial charge in [0.25, 0.3) is 0 Å². The molecular formula is C15H14N4O2. The molecule has 106 valence electrons. The van der Waals surface area contributed by atoms with Gasteiger partial charge in [0.15, 0.2) is 5.69 Å². The van der Waals surface area contributed by atoms with Crippen molar-refractivity contribution in [2.75, 3.05) is 12.3 Å². The van der Waals surface area contributed by atoms with Gasteiger partial charge in [-0.1, -0.05) is 18.2 Å². The fourth-order valence-corrected chi connectivity index (χ4v) is 2.16. The number of anilines is 1. The van der Waals surface area contributed by atoms with Crippen LogP contribution in [0.2, 0.25) is 0 Å². The lowest BCUT2D eigenvalue weighted by Gasteiger charge is -2.07. The number of hydrogen-bond acceptors (Lipinski definition) is 5. The molecule has 0 spiro atoms. The van der Waals surface area contributed by atoms with Gasteiger partial charge < -0.3 is 10.5 Å². The molecule has 21 heavy (non-hydrogen) atoms. The second-order valence-electron chi connectivity index (χ2n) is 4.43. The first kappa shape index (κ1) is 13.1. The van der Waals surface area contributed by atoms with E-state index in [4.69, 9.17) is 10.5 Å². The molecule has 6 nitrogen and oxygen atoms in total. The summed E-state index contributed by atoms with van der Waals surface area (Å²) in [6.07, 6.45) is 1.68. The number of nitrogens with two attached hydrogens (primary N) is 1. The van der Waals surface area contributed by atoms with E-state index >= 15 is 0 Å². The fourth-order valence-electron chi connectivity index (χ4n) is 2.16. The van der Waals surface area contributed by atoms with Crippen LogP contribution in [0.25, 0.3) is 16.6 Å². The Bertz CT molecular complexity index is 805. The zero-order chi connectivity index (χ0) is 14.8. The van der Waals surface area contributed by atoms with E-state index in [9.17, 15) is 4.79 Å². The van der Waals surface area contributed by atoms with Crippen LogP contribution in [0.3, 0.4) is 0 Å². The van der Waals surface area contributed by atoms with E-state index in [1.54, 1.807) is 19.2 Å². The number of nitrogen functional groups attached to an aromatic ring is 1. The van der Waals surface area contributed by atoms with Gasteiger partial charge in [0.1, 0.15) is 5.82 Å². The smallest absolute Gasteiger partial charge is 0.358 e. The lowest BCUT2D eigenvalue weighted by Crippen LogP contribution is -2.07. The standard InChI is InChI=1S/C15H14N4O2/c1-2-21-15(20)12-9-14(16)19(18-12)13-7-8-17-11-6-4-3-5-10(11)13/h3-9H,2,16H2,1H3. The molecule has 2 aromatic heterocycles. The Balaban J connectivity index is 2.13. The number of para-hydroxylation sites is 1. The highest BCUT2D eigenvalue weighted by Gasteiger charge is 2.16. The van der Waals surface area contributed by atoms with Gasteiger partial charge in [0.05, 0.1) is 17.8 Å². The average molecular weight is 282 g/mol. The van der Waals surface area contributed by atoms with Crippen molar-refractivity contribution in [3.05, 3.63) is 48.3 Å². The topological polar surface area (TPSA) is 83.0 Å². The van der Waals surface area contributed by atoms with E-state index in [-0.39, 0.29) is 5.69 Å². The van der Waals surface area contributed by atoms with Gasteiger partial charge in [-0.05, 0) is 19.1 Å². The maximum absolute atomic E-state index is 11.7. The van der Waals surface area contributed by atoms with Crippen LogP contribution in [0.5, 0.6) is 0 Å². The van der Waals surface area contributed by atoms with E-state index in [2.05, 4.69) is 10.1 Å². The number of carbonyl (C=O) groups excluding carboxylic acids is 1. The average Bonchev–Trinajstić information content (AvgIpc) is 2.89. The van der Waals surface area contributed by atoms with E-state index in [0.717, 1.165) is 16.6 Å². The molecule has 2 N–H and O–H groups in total. The van der Waals surface area contributed by atoms with Crippen molar-refractivity contribution in [3.8, 4) is 5.69 Å². The van der Waals surface area contributed by atoms with Crippen molar-refractivity contribution in [1.29, 1.82) is 0 Å². The Morgan fingerprint density at radius 1 is 1.33 bits per heavy atom. The van der Waals surface area contributed by atoms with Gasteiger partial charge in [-0.25, -0.2) is 9.48 Å². The summed E-state index contributed by atoms with van der Waals surface area (Å²) in [5.74, 6) is -0.115. The quantitative estimate of drug-likeness (QED) is 0.744. The van der Waals surface area contributed by atoms with E-state index in [0.29, 0.717) is 12.4 Å². The van der Waals surface area contributed by atoms with Crippen LogP contribution in [0, 0.1) is 0 Å². The second-order valence-corrected chi connectivity index (χ2v) is 4.43. The van der Waals surface area contributed by atoms with Crippen molar-refractivity contribution in [1.82, 2.24) is 14.8 Å². The SMILES string of the molecule is CCOC(=O)c1cc(N)n(-c2ccnc3ccccc23)n1. The number of esters is 1. The van der Waals surface area contributed by atoms with Crippen molar-refractivity contribution in [3.63, 3.8) is 0 Å². The summed E-state index contributed by atoms with van der Waals surface area (Å²) in [6.45, 7) is 2.04. The molecule has 0 bridgehead atoms. The number of fused-ring (bicyclic) bond motifs is 1. The highest BCUT2D eigenvalue weighted by atomic mass is 16.5. The zero-order valence-electron chi connectivity index (χ0n) is 11.5. The highest BCUT2D eigenvalue weighted by Crippen LogP contribution is 2.22. The van der Waals surface area contributed by atoms with Crippen LogP contribution in [0.15, 0.2) is 42.6 Å². The van der Waals surface area contributed by atoms with Crippen LogP contribution in [-0.2, 0) is 4.74 Å². The van der Waals surface area contributed by atoms with Gasteiger partial charge in [-0.2, -0.15) is 5.10 Å². The Kier molecular flexibility index (Phi) is 3.27. The van der Waals surface area contributed by atoms with E-state index in [1.807, 2.05) is 24.3 Å². The fraction of sp³-hybridized carbons (Fsp3) is 0.133. The number of hydrogen-bond donors (Lipinski definition) is 1. The van der Waals surface area contributed by atoms with Crippen LogP contribution >= 0.6 is 0 Å². The third-order valence-corrected chi connectivity index (χ3v) is 3.08. The normalized spacial score (nSPS) is 10.7. The summed E-state index contributed by atoms with van der Waals surface area (Å²) < 4.78 is 6.46. The van der Waals surface area contributed by atoms with Gasteiger partial charge in [0, 0.05) is 17.6 Å². The molecule has 0 aliphatic carbocycles. The van der Waals surface area contributed by atoms with E-state index in [1.165, 1.54) is 10.7 Å². The number of pyridine rings is 1. The number of benzene rings is 1. The number of ether oxygens (including phenoxy) is 1. The van der Waals surface area contributed by atoms with Crippen LogP contribution in [0.4, 0.5) is 5.82 Å². The molecule has 0 amide bonds. The summed E-state index contributed by atoms with van der Waals surface area (Å²) in [5, 5.41) is 5.15. The maximum Gasteiger partial charge on any atom is 0.358 e. The Labute approximate surface area is 121 Å². The number of aromatic nitrogens is 3. The summed E-state index contributed by atoms with van der Waals surface area (Å²) in [4.78, 5) is 16.0. The lowest BCUT2D eigenvalue weighted by atomic mass is 10.2. The van der Waals surface area contributed by atoms with E-state index < -0.39 is 5.97 Å². The van der Waals surface area contributed by atoms with Crippen LogP contribution in [-0.4, -0.2) is 27.3 Å². The minimum Gasteiger partial charge on any atom is -0.461 e. The monoisotopic (exact) mass is 282 g/mol. The minimum atomic E-state index is -0.485. The highest BCUT2D eigenvalue weighted by molar-refractivity contribution is 5.90. The Morgan fingerprint density at radius 3 is 2.95 bits per heavy atom. The van der Waals surface area contributed by atoms with Gasteiger partial charge >= 0.3 is 5.97 Å². The summed E-state index contributed by atoms with van der Waals surface area (Å²) >= 11 is 0. The molecule has 0 saturated carbocycles. The van der Waals surface area contributed by atoms with Crippen LogP contribution in [0.1, 0.15) is 17.4 Å². The predicted molar refractivity (Wildman–Crippen MR) is 79.2 cm³/mol. The summed E-state index contributed by atoms with van der Waals surface area (Å²) in [7, 11) is 0. The molecule has 0 aliphatic heterocycles. The first-order valence-corrected chi connectivity index (χ1v) is 6.57. The molecule has 2 heterocycles. The summed E-state index contributed by atoms with van der Waals surface area (Å²) in [5.41, 5.74) is 7.77. The molecule has 0 atom stereocenters. The first-order chi connectivity index (χ1) is 10.2. The molecular weight excluding hydrogens is 268 g/mol. The van der Waals surface area contributed by atoms with Crippen molar-refractivity contribution >= 4 is 22.7 Å². The van der Waals surface area contributed by atoms with Gasteiger partial charge in [-0.3, -0.25) is 4.98 Å². The van der Waals surface area contributed by atoms with Gasteiger partial charge in [0.2, 0.25) is 0 Å².